The molecule has 0 radical (unpaired) electrons. The first-order valence-corrected chi connectivity index (χ1v) is 6.53. The van der Waals surface area contributed by atoms with Gasteiger partial charge in [-0.25, -0.2) is 0 Å². The molecule has 19 heavy (non-hydrogen) atoms. The minimum atomic E-state index is 0.186. The summed E-state index contributed by atoms with van der Waals surface area (Å²) in [7, 11) is 0. The van der Waals surface area contributed by atoms with Crippen molar-refractivity contribution in [3.05, 3.63) is 77.9 Å². The van der Waals surface area contributed by atoms with E-state index in [4.69, 9.17) is 0 Å². The monoisotopic (exact) mass is 248 g/mol. The summed E-state index contributed by atoms with van der Waals surface area (Å²) < 4.78 is 0. The normalized spacial score (nSPS) is 12.5. The Balaban J connectivity index is 2.13. The molecule has 0 unspecified atom stereocenters. The maximum absolute atomic E-state index is 10.5. The molecular weight excluding hydrogens is 232 g/mol. The lowest BCUT2D eigenvalue weighted by molar-refractivity contribution is 0.472. The highest BCUT2D eigenvalue weighted by Crippen LogP contribution is 2.36. The van der Waals surface area contributed by atoms with Crippen molar-refractivity contribution < 1.29 is 5.11 Å². The molecule has 0 bridgehead atoms. The summed E-state index contributed by atoms with van der Waals surface area (Å²) in [5.74, 6) is 0.584. The van der Waals surface area contributed by atoms with Crippen LogP contribution in [-0.2, 0) is 0 Å². The molecule has 1 N–H and O–H groups in total. The van der Waals surface area contributed by atoms with Crippen LogP contribution >= 0.6 is 0 Å². The van der Waals surface area contributed by atoms with Gasteiger partial charge in [0, 0.05) is 16.9 Å². The van der Waals surface area contributed by atoms with Gasteiger partial charge in [0.05, 0.1) is 0 Å². The van der Waals surface area contributed by atoms with Crippen LogP contribution in [0.4, 0.5) is 0 Å². The number of fused-ring (bicyclic) bond motifs is 1. The van der Waals surface area contributed by atoms with Crippen LogP contribution in [0.1, 0.15) is 24.0 Å². The quantitative estimate of drug-likeness (QED) is 0.697. The van der Waals surface area contributed by atoms with Crippen molar-refractivity contribution in [3.8, 4) is 5.75 Å². The first-order chi connectivity index (χ1) is 9.27. The fourth-order valence-corrected chi connectivity index (χ4v) is 2.54. The highest BCUT2D eigenvalue weighted by Gasteiger charge is 2.14. The maximum Gasteiger partial charge on any atom is 0.127 e. The van der Waals surface area contributed by atoms with E-state index in [0.29, 0.717) is 5.75 Å². The highest BCUT2D eigenvalue weighted by molar-refractivity contribution is 5.89. The number of phenols is 1. The third-order valence-corrected chi connectivity index (χ3v) is 3.70. The lowest BCUT2D eigenvalue weighted by atomic mass is 9.90. The van der Waals surface area contributed by atoms with Crippen molar-refractivity contribution in [2.75, 3.05) is 0 Å². The van der Waals surface area contributed by atoms with Crippen LogP contribution in [0.5, 0.6) is 5.75 Å². The molecule has 3 rings (SSSR count). The van der Waals surface area contributed by atoms with Gasteiger partial charge in [0.1, 0.15) is 5.75 Å². The standard InChI is InChI=1S/C18H16O/c1-13(14-7-3-2-4-8-14)16-12-11-15-9-5-6-10-17(15)18(16)19/h2-13,19H,1H3/t13-/m1/s1. The first-order valence-electron chi connectivity index (χ1n) is 6.53. The molecule has 0 aliphatic rings. The van der Waals surface area contributed by atoms with Crippen LogP contribution in [0.3, 0.4) is 0 Å². The van der Waals surface area contributed by atoms with Gasteiger partial charge < -0.3 is 5.11 Å². The molecule has 0 aliphatic heterocycles. The molecule has 1 heteroatoms. The van der Waals surface area contributed by atoms with Crippen molar-refractivity contribution in [1.82, 2.24) is 0 Å². The van der Waals surface area contributed by atoms with E-state index in [9.17, 15) is 5.11 Å². The van der Waals surface area contributed by atoms with Gasteiger partial charge in [-0.1, -0.05) is 73.7 Å². The van der Waals surface area contributed by atoms with Crippen molar-refractivity contribution in [3.63, 3.8) is 0 Å². The predicted molar refractivity (Wildman–Crippen MR) is 79.6 cm³/mol. The summed E-state index contributed by atoms with van der Waals surface area (Å²) in [4.78, 5) is 0. The lowest BCUT2D eigenvalue weighted by Gasteiger charge is -2.15. The molecule has 0 spiro atoms. The Morgan fingerprint density at radius 3 is 2.26 bits per heavy atom. The average molecular weight is 248 g/mol. The molecular formula is C18H16O. The highest BCUT2D eigenvalue weighted by atomic mass is 16.3. The molecule has 0 amide bonds. The number of aromatic hydroxyl groups is 1. The molecule has 0 saturated carbocycles. The second-order valence-electron chi connectivity index (χ2n) is 4.86. The molecule has 1 atom stereocenters. The zero-order valence-electron chi connectivity index (χ0n) is 10.9. The third kappa shape index (κ3) is 2.08. The summed E-state index contributed by atoms with van der Waals surface area (Å²) in [6.07, 6.45) is 0. The van der Waals surface area contributed by atoms with Crippen LogP contribution < -0.4 is 0 Å². The second kappa shape index (κ2) is 4.77. The van der Waals surface area contributed by atoms with Crippen molar-refractivity contribution in [2.45, 2.75) is 12.8 Å². The number of rotatable bonds is 2. The second-order valence-corrected chi connectivity index (χ2v) is 4.86. The van der Waals surface area contributed by atoms with Crippen LogP contribution in [0.15, 0.2) is 66.7 Å². The smallest absolute Gasteiger partial charge is 0.127 e. The van der Waals surface area contributed by atoms with Crippen molar-refractivity contribution in [2.24, 2.45) is 0 Å². The minimum absolute atomic E-state index is 0.186. The van der Waals surface area contributed by atoms with Crippen molar-refractivity contribution in [1.29, 1.82) is 0 Å². The summed E-state index contributed by atoms with van der Waals surface area (Å²) in [5.41, 5.74) is 2.19. The average Bonchev–Trinajstić information content (AvgIpc) is 2.48. The number of hydrogen-bond donors (Lipinski definition) is 1. The zero-order chi connectivity index (χ0) is 13.2. The van der Waals surface area contributed by atoms with E-state index in [2.05, 4.69) is 25.1 Å². The van der Waals surface area contributed by atoms with E-state index in [0.717, 1.165) is 16.3 Å². The van der Waals surface area contributed by atoms with E-state index in [1.54, 1.807) is 0 Å². The summed E-state index contributed by atoms with van der Waals surface area (Å²) in [6, 6.07) is 22.3. The van der Waals surface area contributed by atoms with Gasteiger partial charge >= 0.3 is 0 Å². The summed E-state index contributed by atoms with van der Waals surface area (Å²) in [6.45, 7) is 2.12. The molecule has 0 aromatic heterocycles. The van der Waals surface area contributed by atoms with E-state index in [-0.39, 0.29) is 5.92 Å². The largest absolute Gasteiger partial charge is 0.507 e. The first kappa shape index (κ1) is 11.8. The van der Waals surface area contributed by atoms with Crippen LogP contribution in [0, 0.1) is 0 Å². The SMILES string of the molecule is C[C@H](c1ccccc1)c1ccc2ccccc2c1O. The number of benzene rings is 3. The Bertz CT molecular complexity index is 701. The molecule has 3 aromatic carbocycles. The fraction of sp³-hybridized carbons (Fsp3) is 0.111. The van der Waals surface area contributed by atoms with Crippen LogP contribution in [0.2, 0.25) is 0 Å². The molecule has 0 fully saturated rings. The Hall–Kier alpha value is -2.28. The topological polar surface area (TPSA) is 20.2 Å². The molecule has 3 aromatic rings. The van der Waals surface area contributed by atoms with E-state index < -0.39 is 0 Å². The van der Waals surface area contributed by atoms with Gasteiger partial charge in [0.15, 0.2) is 0 Å². The lowest BCUT2D eigenvalue weighted by Crippen LogP contribution is -1.96. The zero-order valence-corrected chi connectivity index (χ0v) is 10.9. The molecule has 0 heterocycles. The third-order valence-electron chi connectivity index (χ3n) is 3.70. The Morgan fingerprint density at radius 1 is 0.789 bits per heavy atom. The van der Waals surface area contributed by atoms with Gasteiger partial charge in [-0.3, -0.25) is 0 Å². The minimum Gasteiger partial charge on any atom is -0.507 e. The van der Waals surface area contributed by atoms with Crippen LogP contribution in [0.25, 0.3) is 10.8 Å². The predicted octanol–water partition coefficient (Wildman–Crippen LogP) is 4.70. The Labute approximate surface area is 113 Å². The maximum atomic E-state index is 10.5. The Kier molecular flexibility index (Phi) is 2.96. The van der Waals surface area contributed by atoms with E-state index >= 15 is 0 Å². The Morgan fingerprint density at radius 2 is 1.47 bits per heavy atom. The van der Waals surface area contributed by atoms with Gasteiger partial charge in [0.25, 0.3) is 0 Å². The summed E-state index contributed by atoms with van der Waals surface area (Å²) >= 11 is 0. The van der Waals surface area contributed by atoms with E-state index in [1.165, 1.54) is 5.56 Å². The summed E-state index contributed by atoms with van der Waals surface area (Å²) in [5, 5.41) is 12.5. The van der Waals surface area contributed by atoms with Gasteiger partial charge in [-0.15, -0.1) is 0 Å². The molecule has 0 aliphatic carbocycles. The van der Waals surface area contributed by atoms with E-state index in [1.807, 2.05) is 48.5 Å². The number of phenolic OH excluding ortho intramolecular Hbond substituents is 1. The van der Waals surface area contributed by atoms with Gasteiger partial charge in [-0.05, 0) is 10.9 Å². The van der Waals surface area contributed by atoms with Gasteiger partial charge in [-0.2, -0.15) is 0 Å². The van der Waals surface area contributed by atoms with Gasteiger partial charge in [0.2, 0.25) is 0 Å². The molecule has 1 nitrogen and oxygen atoms in total. The molecule has 94 valence electrons. The number of hydrogen-bond acceptors (Lipinski definition) is 1. The molecule has 0 saturated heterocycles. The fourth-order valence-electron chi connectivity index (χ4n) is 2.54. The van der Waals surface area contributed by atoms with Crippen LogP contribution in [-0.4, -0.2) is 5.11 Å². The van der Waals surface area contributed by atoms with Crippen molar-refractivity contribution >= 4 is 10.8 Å².